The number of nitrogens with one attached hydrogen (secondary N) is 2. The van der Waals surface area contributed by atoms with E-state index in [1.165, 1.54) is 0 Å². The zero-order chi connectivity index (χ0) is 11.2. The van der Waals surface area contributed by atoms with E-state index in [1.54, 1.807) is 7.05 Å². The number of hydrogen-bond acceptors (Lipinski definition) is 3. The number of amides is 1. The van der Waals surface area contributed by atoms with Gasteiger partial charge in [-0.25, -0.2) is 0 Å². The molecular weight excluding hydrogens is 190 g/mol. The second-order valence-electron chi connectivity index (χ2n) is 4.31. The van der Waals surface area contributed by atoms with E-state index in [4.69, 9.17) is 5.73 Å². The SMILES string of the molecule is CNc1cc2c(cc1N)C(C)(C)C(=O)N2. The minimum Gasteiger partial charge on any atom is -0.397 e. The summed E-state index contributed by atoms with van der Waals surface area (Å²) in [5, 5.41) is 5.85. The highest BCUT2D eigenvalue weighted by Crippen LogP contribution is 2.40. The fourth-order valence-corrected chi connectivity index (χ4v) is 1.85. The third kappa shape index (κ3) is 1.25. The highest BCUT2D eigenvalue weighted by Gasteiger charge is 2.38. The predicted octanol–water partition coefficient (Wildman–Crippen LogP) is 1.54. The van der Waals surface area contributed by atoms with E-state index in [0.717, 1.165) is 16.9 Å². The van der Waals surface area contributed by atoms with Crippen molar-refractivity contribution in [3.05, 3.63) is 17.7 Å². The van der Waals surface area contributed by atoms with Gasteiger partial charge in [-0.05, 0) is 31.5 Å². The Morgan fingerprint density at radius 3 is 2.67 bits per heavy atom. The summed E-state index contributed by atoms with van der Waals surface area (Å²) in [5.74, 6) is 0.0187. The molecule has 2 rings (SSSR count). The normalized spacial score (nSPS) is 17.1. The Morgan fingerprint density at radius 1 is 1.40 bits per heavy atom. The highest BCUT2D eigenvalue weighted by atomic mass is 16.2. The van der Waals surface area contributed by atoms with E-state index in [-0.39, 0.29) is 5.91 Å². The molecule has 0 saturated heterocycles. The summed E-state index contributed by atoms with van der Waals surface area (Å²) in [4.78, 5) is 11.7. The lowest BCUT2D eigenvalue weighted by atomic mass is 9.86. The van der Waals surface area contributed by atoms with Gasteiger partial charge in [-0.3, -0.25) is 4.79 Å². The van der Waals surface area contributed by atoms with Crippen LogP contribution in [0.25, 0.3) is 0 Å². The van der Waals surface area contributed by atoms with Gasteiger partial charge in [-0.2, -0.15) is 0 Å². The molecule has 0 fully saturated rings. The average molecular weight is 205 g/mol. The Kier molecular flexibility index (Phi) is 1.89. The number of anilines is 3. The summed E-state index contributed by atoms with van der Waals surface area (Å²) in [7, 11) is 1.81. The van der Waals surface area contributed by atoms with Crippen molar-refractivity contribution in [1.82, 2.24) is 0 Å². The van der Waals surface area contributed by atoms with Gasteiger partial charge in [0.2, 0.25) is 5.91 Å². The molecule has 1 aromatic carbocycles. The molecular formula is C11H15N3O. The molecule has 4 heteroatoms. The Labute approximate surface area is 88.9 Å². The van der Waals surface area contributed by atoms with Gasteiger partial charge in [0.25, 0.3) is 0 Å². The fraction of sp³-hybridized carbons (Fsp3) is 0.364. The van der Waals surface area contributed by atoms with Gasteiger partial charge in [0.05, 0.1) is 16.8 Å². The summed E-state index contributed by atoms with van der Waals surface area (Å²) < 4.78 is 0. The summed E-state index contributed by atoms with van der Waals surface area (Å²) >= 11 is 0. The van der Waals surface area contributed by atoms with Gasteiger partial charge in [-0.15, -0.1) is 0 Å². The smallest absolute Gasteiger partial charge is 0.234 e. The van der Waals surface area contributed by atoms with Crippen LogP contribution < -0.4 is 16.4 Å². The molecule has 0 radical (unpaired) electrons. The molecule has 1 aromatic rings. The number of nitrogens with two attached hydrogens (primary N) is 1. The Balaban J connectivity index is 2.61. The van der Waals surface area contributed by atoms with E-state index in [2.05, 4.69) is 10.6 Å². The number of benzene rings is 1. The number of rotatable bonds is 1. The predicted molar refractivity (Wildman–Crippen MR) is 62.1 cm³/mol. The Bertz CT molecular complexity index is 438. The van der Waals surface area contributed by atoms with Crippen molar-refractivity contribution in [2.75, 3.05) is 23.4 Å². The molecule has 1 aliphatic heterocycles. The van der Waals surface area contributed by atoms with Crippen LogP contribution in [0.2, 0.25) is 0 Å². The minimum absolute atomic E-state index is 0.0187. The molecule has 1 aliphatic rings. The molecule has 0 saturated carbocycles. The van der Waals surface area contributed by atoms with Crippen molar-refractivity contribution in [2.45, 2.75) is 19.3 Å². The zero-order valence-corrected chi connectivity index (χ0v) is 9.14. The van der Waals surface area contributed by atoms with Crippen molar-refractivity contribution in [3.8, 4) is 0 Å². The van der Waals surface area contributed by atoms with Crippen LogP contribution in [0.15, 0.2) is 12.1 Å². The topological polar surface area (TPSA) is 67.1 Å². The van der Waals surface area contributed by atoms with E-state index >= 15 is 0 Å². The number of hydrogen-bond donors (Lipinski definition) is 3. The van der Waals surface area contributed by atoms with Crippen molar-refractivity contribution >= 4 is 23.0 Å². The van der Waals surface area contributed by atoms with Crippen molar-refractivity contribution in [2.24, 2.45) is 0 Å². The summed E-state index contributed by atoms with van der Waals surface area (Å²) in [6.45, 7) is 3.79. The largest absolute Gasteiger partial charge is 0.397 e. The van der Waals surface area contributed by atoms with Crippen LogP contribution in [-0.2, 0) is 10.2 Å². The fourth-order valence-electron chi connectivity index (χ4n) is 1.85. The van der Waals surface area contributed by atoms with Crippen molar-refractivity contribution in [3.63, 3.8) is 0 Å². The first-order valence-electron chi connectivity index (χ1n) is 4.90. The van der Waals surface area contributed by atoms with E-state index < -0.39 is 5.41 Å². The van der Waals surface area contributed by atoms with Gasteiger partial charge in [-0.1, -0.05) is 0 Å². The molecule has 4 N–H and O–H groups in total. The van der Waals surface area contributed by atoms with E-state index in [1.807, 2.05) is 26.0 Å². The molecule has 4 nitrogen and oxygen atoms in total. The first-order chi connectivity index (χ1) is 6.96. The van der Waals surface area contributed by atoms with Crippen molar-refractivity contribution in [1.29, 1.82) is 0 Å². The van der Waals surface area contributed by atoms with Crippen LogP contribution in [0.5, 0.6) is 0 Å². The van der Waals surface area contributed by atoms with Gasteiger partial charge >= 0.3 is 0 Å². The van der Waals surface area contributed by atoms with Gasteiger partial charge in [0, 0.05) is 12.7 Å². The monoisotopic (exact) mass is 205 g/mol. The van der Waals surface area contributed by atoms with Crippen LogP contribution in [0, 0.1) is 0 Å². The maximum absolute atomic E-state index is 11.7. The van der Waals surface area contributed by atoms with Crippen LogP contribution in [-0.4, -0.2) is 13.0 Å². The molecule has 0 spiro atoms. The zero-order valence-electron chi connectivity index (χ0n) is 9.14. The lowest BCUT2D eigenvalue weighted by molar-refractivity contribution is -0.119. The Hall–Kier alpha value is -1.71. The van der Waals surface area contributed by atoms with Crippen LogP contribution in [0.3, 0.4) is 0 Å². The molecule has 1 heterocycles. The molecule has 0 aliphatic carbocycles. The van der Waals surface area contributed by atoms with Crippen LogP contribution in [0.1, 0.15) is 19.4 Å². The number of fused-ring (bicyclic) bond motifs is 1. The van der Waals surface area contributed by atoms with Crippen molar-refractivity contribution < 1.29 is 4.79 Å². The molecule has 0 aromatic heterocycles. The maximum atomic E-state index is 11.7. The van der Waals surface area contributed by atoms with E-state index in [9.17, 15) is 4.79 Å². The second kappa shape index (κ2) is 2.89. The molecule has 0 unspecified atom stereocenters. The third-order valence-corrected chi connectivity index (χ3v) is 2.95. The standard InChI is InChI=1S/C11H15N3O/c1-11(2)6-4-7(12)9(13-3)5-8(6)14-10(11)15/h4-5,13H,12H2,1-3H3,(H,14,15). The quantitative estimate of drug-likeness (QED) is 0.609. The lowest BCUT2D eigenvalue weighted by Gasteiger charge is -2.16. The lowest BCUT2D eigenvalue weighted by Crippen LogP contribution is -2.26. The first kappa shape index (κ1) is 9.83. The maximum Gasteiger partial charge on any atom is 0.234 e. The molecule has 0 bridgehead atoms. The van der Waals surface area contributed by atoms with Gasteiger partial charge < -0.3 is 16.4 Å². The minimum atomic E-state index is -0.490. The summed E-state index contributed by atoms with van der Waals surface area (Å²) in [6, 6.07) is 3.73. The molecule has 80 valence electrons. The van der Waals surface area contributed by atoms with Crippen LogP contribution >= 0.6 is 0 Å². The number of carbonyl (C=O) groups is 1. The van der Waals surface area contributed by atoms with Gasteiger partial charge in [0.15, 0.2) is 0 Å². The van der Waals surface area contributed by atoms with Crippen LogP contribution in [0.4, 0.5) is 17.1 Å². The summed E-state index contributed by atoms with van der Waals surface area (Å²) in [5.41, 5.74) is 8.70. The number of carbonyl (C=O) groups excluding carboxylic acids is 1. The van der Waals surface area contributed by atoms with Gasteiger partial charge in [0.1, 0.15) is 0 Å². The Morgan fingerprint density at radius 2 is 2.07 bits per heavy atom. The molecule has 0 atom stereocenters. The van der Waals surface area contributed by atoms with E-state index in [0.29, 0.717) is 5.69 Å². The third-order valence-electron chi connectivity index (χ3n) is 2.95. The highest BCUT2D eigenvalue weighted by molar-refractivity contribution is 6.06. The average Bonchev–Trinajstić information content (AvgIpc) is 2.39. The summed E-state index contributed by atoms with van der Waals surface area (Å²) in [6.07, 6.45) is 0. The molecule has 15 heavy (non-hydrogen) atoms. The first-order valence-corrected chi connectivity index (χ1v) is 4.90. The number of nitrogen functional groups attached to an aromatic ring is 1. The second-order valence-corrected chi connectivity index (χ2v) is 4.31. The molecule has 1 amide bonds.